The molecule has 0 fully saturated rings. The van der Waals surface area contributed by atoms with Gasteiger partial charge in [-0.25, -0.2) is 4.39 Å². The maximum Gasteiger partial charge on any atom is 0.275 e. The Morgan fingerprint density at radius 3 is 2.88 bits per heavy atom. The molecule has 4 nitrogen and oxygen atoms in total. The highest BCUT2D eigenvalue weighted by molar-refractivity contribution is 6.33. The topological polar surface area (TPSA) is 55.2 Å². The van der Waals surface area contributed by atoms with Gasteiger partial charge in [-0.2, -0.15) is 0 Å². The number of nitrogens with one attached hydrogen (secondary N) is 1. The van der Waals surface area contributed by atoms with E-state index in [0.717, 1.165) is 12.0 Å². The molecule has 2 aromatic rings. The Bertz CT molecular complexity index is 868. The number of rotatable bonds is 2. The van der Waals surface area contributed by atoms with Crippen LogP contribution in [0.15, 0.2) is 48.6 Å². The first-order valence-electron chi connectivity index (χ1n) is 7.71. The van der Waals surface area contributed by atoms with Crippen LogP contribution in [0.1, 0.15) is 29.5 Å². The van der Waals surface area contributed by atoms with Gasteiger partial charge >= 0.3 is 0 Å². The second kappa shape index (κ2) is 5.60. The van der Waals surface area contributed by atoms with E-state index in [2.05, 4.69) is 5.32 Å². The van der Waals surface area contributed by atoms with Crippen molar-refractivity contribution >= 4 is 23.0 Å². The van der Waals surface area contributed by atoms with Gasteiger partial charge in [-0.3, -0.25) is 10.1 Å². The van der Waals surface area contributed by atoms with Gasteiger partial charge in [-0.05, 0) is 36.1 Å². The van der Waals surface area contributed by atoms with Crippen molar-refractivity contribution in [3.63, 3.8) is 0 Å². The standard InChI is InChI=1S/C18H14ClFN2O2/c19-14-7-8-15(22(23)24)16-12-5-2-6-13(12)17(21-18(14)16)10-3-1-4-11(20)9-10/h1-5,7-9,12-13,17,21H,6H2/t12-,13-,17+/m1/s1. The zero-order valence-corrected chi connectivity index (χ0v) is 13.3. The highest BCUT2D eigenvalue weighted by Crippen LogP contribution is 2.54. The molecule has 0 unspecified atom stereocenters. The lowest BCUT2D eigenvalue weighted by molar-refractivity contribution is -0.385. The van der Waals surface area contributed by atoms with E-state index < -0.39 is 0 Å². The number of nitro groups is 1. The van der Waals surface area contributed by atoms with Crippen molar-refractivity contribution in [1.29, 1.82) is 0 Å². The lowest BCUT2D eigenvalue weighted by atomic mass is 9.76. The highest BCUT2D eigenvalue weighted by atomic mass is 35.5. The van der Waals surface area contributed by atoms with Crippen molar-refractivity contribution in [2.75, 3.05) is 5.32 Å². The van der Waals surface area contributed by atoms with Crippen LogP contribution in [0.25, 0.3) is 0 Å². The van der Waals surface area contributed by atoms with Gasteiger partial charge in [0.2, 0.25) is 0 Å². The highest BCUT2D eigenvalue weighted by Gasteiger charge is 2.42. The minimum absolute atomic E-state index is 0.0705. The van der Waals surface area contributed by atoms with E-state index in [1.807, 2.05) is 18.2 Å². The van der Waals surface area contributed by atoms with Gasteiger partial charge in [-0.1, -0.05) is 35.9 Å². The predicted octanol–water partition coefficient (Wildman–Crippen LogP) is 5.21. The van der Waals surface area contributed by atoms with Crippen LogP contribution in [0.4, 0.5) is 15.8 Å². The minimum Gasteiger partial charge on any atom is -0.376 e. The number of nitro benzene ring substituents is 1. The fourth-order valence-corrected chi connectivity index (χ4v) is 4.06. The van der Waals surface area contributed by atoms with Crippen molar-refractivity contribution in [3.05, 3.63) is 80.6 Å². The van der Waals surface area contributed by atoms with Crippen LogP contribution >= 0.6 is 11.6 Å². The summed E-state index contributed by atoms with van der Waals surface area (Å²) in [5.41, 5.74) is 2.09. The molecule has 122 valence electrons. The van der Waals surface area contributed by atoms with Gasteiger partial charge < -0.3 is 5.32 Å². The molecule has 0 bridgehead atoms. The third kappa shape index (κ3) is 2.27. The fraction of sp³-hybridized carbons (Fsp3) is 0.222. The molecule has 2 aromatic carbocycles. The molecule has 2 aliphatic rings. The number of halogens is 2. The van der Waals surface area contributed by atoms with Gasteiger partial charge in [0.1, 0.15) is 5.82 Å². The van der Waals surface area contributed by atoms with E-state index in [1.54, 1.807) is 6.07 Å². The van der Waals surface area contributed by atoms with Gasteiger partial charge in [0.05, 0.1) is 27.2 Å². The van der Waals surface area contributed by atoms with E-state index in [4.69, 9.17) is 11.6 Å². The van der Waals surface area contributed by atoms with Gasteiger partial charge in [0.15, 0.2) is 0 Å². The predicted molar refractivity (Wildman–Crippen MR) is 90.9 cm³/mol. The lowest BCUT2D eigenvalue weighted by Crippen LogP contribution is -2.30. The first kappa shape index (κ1) is 15.1. The van der Waals surface area contributed by atoms with Gasteiger partial charge in [0.25, 0.3) is 5.69 Å². The average Bonchev–Trinajstić information content (AvgIpc) is 3.04. The molecule has 1 heterocycles. The number of anilines is 1. The molecule has 0 aromatic heterocycles. The van der Waals surface area contributed by atoms with Crippen LogP contribution in [0, 0.1) is 21.8 Å². The molecule has 0 amide bonds. The van der Waals surface area contributed by atoms with Crippen molar-refractivity contribution in [2.24, 2.45) is 5.92 Å². The Morgan fingerprint density at radius 2 is 2.12 bits per heavy atom. The smallest absolute Gasteiger partial charge is 0.275 e. The number of benzene rings is 2. The fourth-order valence-electron chi connectivity index (χ4n) is 3.84. The molecule has 24 heavy (non-hydrogen) atoms. The van der Waals surface area contributed by atoms with E-state index in [9.17, 15) is 14.5 Å². The first-order chi connectivity index (χ1) is 11.6. The van der Waals surface area contributed by atoms with Crippen molar-refractivity contribution in [2.45, 2.75) is 18.4 Å². The number of fused-ring (bicyclic) bond motifs is 3. The summed E-state index contributed by atoms with van der Waals surface area (Å²) in [5.74, 6) is -0.308. The van der Waals surface area contributed by atoms with Crippen LogP contribution in [-0.2, 0) is 0 Å². The van der Waals surface area contributed by atoms with Crippen LogP contribution in [0.5, 0.6) is 0 Å². The molecule has 0 saturated carbocycles. The number of hydrogen-bond donors (Lipinski definition) is 1. The molecule has 1 aliphatic carbocycles. The first-order valence-corrected chi connectivity index (χ1v) is 8.09. The van der Waals surface area contributed by atoms with E-state index in [1.165, 1.54) is 24.3 Å². The molecule has 6 heteroatoms. The normalized spacial score (nSPS) is 24.2. The van der Waals surface area contributed by atoms with E-state index >= 15 is 0 Å². The second-order valence-corrected chi connectivity index (χ2v) is 6.55. The molecule has 0 spiro atoms. The maximum atomic E-state index is 13.7. The minimum atomic E-state index is -0.372. The monoisotopic (exact) mass is 344 g/mol. The Balaban J connectivity index is 1.88. The summed E-state index contributed by atoms with van der Waals surface area (Å²) in [5, 5.41) is 15.2. The third-order valence-electron chi connectivity index (χ3n) is 4.85. The van der Waals surface area contributed by atoms with Gasteiger partial charge in [0, 0.05) is 12.0 Å². The zero-order chi connectivity index (χ0) is 16.8. The van der Waals surface area contributed by atoms with Crippen molar-refractivity contribution < 1.29 is 9.31 Å². The molecule has 3 atom stereocenters. The quantitative estimate of drug-likeness (QED) is 0.462. The molecular weight excluding hydrogens is 331 g/mol. The maximum absolute atomic E-state index is 13.7. The lowest BCUT2D eigenvalue weighted by Gasteiger charge is -2.37. The second-order valence-electron chi connectivity index (χ2n) is 6.14. The molecule has 4 rings (SSSR count). The molecule has 1 N–H and O–H groups in total. The number of nitrogens with zero attached hydrogens (tertiary/aromatic N) is 1. The third-order valence-corrected chi connectivity index (χ3v) is 5.17. The SMILES string of the molecule is O=[N+]([O-])c1ccc(Cl)c2c1[C@@H]1C=CC[C@H]1[C@H](c1cccc(F)c1)N2. The summed E-state index contributed by atoms with van der Waals surface area (Å²) in [7, 11) is 0. The van der Waals surface area contributed by atoms with Crippen LogP contribution < -0.4 is 5.32 Å². The molecule has 1 aliphatic heterocycles. The van der Waals surface area contributed by atoms with Gasteiger partial charge in [-0.15, -0.1) is 0 Å². The Kier molecular flexibility index (Phi) is 3.53. The summed E-state index contributed by atoms with van der Waals surface area (Å²) < 4.78 is 13.7. The summed E-state index contributed by atoms with van der Waals surface area (Å²) in [6.45, 7) is 0. The van der Waals surface area contributed by atoms with E-state index in [-0.39, 0.29) is 34.3 Å². The summed E-state index contributed by atoms with van der Waals surface area (Å²) in [6.07, 6.45) is 4.81. The van der Waals surface area contributed by atoms with Crippen LogP contribution in [0.3, 0.4) is 0 Å². The Hall–Kier alpha value is -2.40. The zero-order valence-electron chi connectivity index (χ0n) is 12.6. The van der Waals surface area contributed by atoms with E-state index in [0.29, 0.717) is 16.3 Å². The molecule has 0 saturated heterocycles. The Morgan fingerprint density at radius 1 is 1.29 bits per heavy atom. The van der Waals surface area contributed by atoms with Crippen LogP contribution in [-0.4, -0.2) is 4.92 Å². The average molecular weight is 345 g/mol. The molecule has 0 radical (unpaired) electrons. The Labute approximate surface area is 143 Å². The van der Waals surface area contributed by atoms with Crippen molar-refractivity contribution in [3.8, 4) is 0 Å². The summed E-state index contributed by atoms with van der Waals surface area (Å²) >= 11 is 6.31. The van der Waals surface area contributed by atoms with Crippen LogP contribution in [0.2, 0.25) is 5.02 Å². The number of hydrogen-bond acceptors (Lipinski definition) is 3. The largest absolute Gasteiger partial charge is 0.376 e. The van der Waals surface area contributed by atoms with Crippen molar-refractivity contribution in [1.82, 2.24) is 0 Å². The molecular formula is C18H14ClFN2O2. The summed E-state index contributed by atoms with van der Waals surface area (Å²) in [4.78, 5) is 11.1. The number of allylic oxidation sites excluding steroid dienone is 2. The summed E-state index contributed by atoms with van der Waals surface area (Å²) in [6, 6.07) is 9.29.